The second-order valence-electron chi connectivity index (χ2n) is 4.35. The number of aliphatic hydroxyl groups excluding tert-OH is 1. The van der Waals surface area contributed by atoms with Crippen molar-refractivity contribution in [2.75, 3.05) is 19.6 Å². The maximum absolute atomic E-state index is 11.8. The summed E-state index contributed by atoms with van der Waals surface area (Å²) in [5, 5.41) is 12.2. The molecule has 1 rings (SSSR count). The topological polar surface area (TPSA) is 52.6 Å². The largest absolute Gasteiger partial charge is 0.393 e. The van der Waals surface area contributed by atoms with E-state index < -0.39 is 0 Å². The van der Waals surface area contributed by atoms with E-state index in [1.54, 1.807) is 6.92 Å². The predicted octanol–water partition coefficient (Wildman–Crippen LogP) is 0.358. The van der Waals surface area contributed by atoms with Gasteiger partial charge in [0.15, 0.2) is 0 Å². The molecular formula is C11H22N2O2. The summed E-state index contributed by atoms with van der Waals surface area (Å²) in [6.45, 7) is 6.15. The first kappa shape index (κ1) is 12.5. The summed E-state index contributed by atoms with van der Waals surface area (Å²) >= 11 is 0. The molecule has 0 aromatic rings. The van der Waals surface area contributed by atoms with Crippen molar-refractivity contribution in [2.24, 2.45) is 0 Å². The monoisotopic (exact) mass is 214 g/mol. The molecule has 2 N–H and O–H groups in total. The van der Waals surface area contributed by atoms with Crippen LogP contribution in [0.15, 0.2) is 0 Å². The predicted molar refractivity (Wildman–Crippen MR) is 59.6 cm³/mol. The summed E-state index contributed by atoms with van der Waals surface area (Å²) in [5.41, 5.74) is 0. The molecule has 2 atom stereocenters. The number of hydrogen-bond acceptors (Lipinski definition) is 3. The molecule has 4 heteroatoms. The minimum atomic E-state index is -0.299. The molecule has 4 nitrogen and oxygen atoms in total. The van der Waals surface area contributed by atoms with Crippen LogP contribution in [0.2, 0.25) is 0 Å². The maximum atomic E-state index is 11.8. The summed E-state index contributed by atoms with van der Waals surface area (Å²) in [6, 6.07) is -0.123. The Hall–Kier alpha value is -0.610. The molecule has 1 fully saturated rings. The van der Waals surface area contributed by atoms with Crippen molar-refractivity contribution in [2.45, 2.75) is 45.3 Å². The third kappa shape index (κ3) is 4.18. The van der Waals surface area contributed by atoms with Gasteiger partial charge >= 0.3 is 0 Å². The Morgan fingerprint density at radius 1 is 1.40 bits per heavy atom. The zero-order valence-electron chi connectivity index (χ0n) is 9.70. The summed E-state index contributed by atoms with van der Waals surface area (Å²) in [7, 11) is 0. The molecule has 1 heterocycles. The van der Waals surface area contributed by atoms with Crippen LogP contribution in [0.3, 0.4) is 0 Å². The van der Waals surface area contributed by atoms with E-state index in [9.17, 15) is 4.79 Å². The lowest BCUT2D eigenvalue weighted by Gasteiger charge is -2.21. The zero-order chi connectivity index (χ0) is 11.3. The number of aliphatic hydroxyl groups is 1. The molecule has 0 aliphatic carbocycles. The molecule has 0 bridgehead atoms. The molecule has 0 radical (unpaired) electrons. The summed E-state index contributed by atoms with van der Waals surface area (Å²) in [5.74, 6) is 0.193. The van der Waals surface area contributed by atoms with Gasteiger partial charge in [0.25, 0.3) is 0 Å². The Bertz CT molecular complexity index is 201. The van der Waals surface area contributed by atoms with E-state index in [-0.39, 0.29) is 18.1 Å². The lowest BCUT2D eigenvalue weighted by atomic mass is 10.2. The van der Waals surface area contributed by atoms with Crippen molar-refractivity contribution in [3.63, 3.8) is 0 Å². The molecule has 0 saturated carbocycles. The number of nitrogens with one attached hydrogen (secondary N) is 1. The Labute approximate surface area is 91.6 Å². The van der Waals surface area contributed by atoms with Crippen molar-refractivity contribution in [1.82, 2.24) is 10.2 Å². The quantitative estimate of drug-likeness (QED) is 0.694. The number of carbonyl (C=O) groups excluding carboxylic acids is 1. The molecule has 2 unspecified atom stereocenters. The fourth-order valence-corrected chi connectivity index (χ4v) is 1.81. The van der Waals surface area contributed by atoms with E-state index in [2.05, 4.69) is 5.32 Å². The second kappa shape index (κ2) is 6.08. The fourth-order valence-electron chi connectivity index (χ4n) is 1.81. The van der Waals surface area contributed by atoms with Gasteiger partial charge in [0.05, 0.1) is 12.1 Å². The Morgan fingerprint density at radius 3 is 2.53 bits per heavy atom. The van der Waals surface area contributed by atoms with Gasteiger partial charge in [-0.15, -0.1) is 0 Å². The molecular weight excluding hydrogens is 192 g/mol. The third-order valence-electron chi connectivity index (χ3n) is 2.80. The highest BCUT2D eigenvalue weighted by atomic mass is 16.3. The Balaban J connectivity index is 2.20. The van der Waals surface area contributed by atoms with Gasteiger partial charge in [-0.25, -0.2) is 0 Å². The number of carbonyl (C=O) groups is 1. The summed E-state index contributed by atoms with van der Waals surface area (Å²) < 4.78 is 0. The highest BCUT2D eigenvalue weighted by molar-refractivity contribution is 5.81. The Kier molecular flexibility index (Phi) is 5.05. The van der Waals surface area contributed by atoms with Crippen molar-refractivity contribution in [1.29, 1.82) is 0 Å². The molecule has 1 aliphatic heterocycles. The molecule has 15 heavy (non-hydrogen) atoms. The van der Waals surface area contributed by atoms with Crippen LogP contribution < -0.4 is 5.32 Å². The van der Waals surface area contributed by atoms with Gasteiger partial charge in [-0.3, -0.25) is 4.79 Å². The molecule has 1 amide bonds. The van der Waals surface area contributed by atoms with Gasteiger partial charge in [0.2, 0.25) is 5.91 Å². The highest BCUT2D eigenvalue weighted by Crippen LogP contribution is 2.08. The van der Waals surface area contributed by atoms with Gasteiger partial charge in [-0.1, -0.05) is 0 Å². The van der Waals surface area contributed by atoms with E-state index in [4.69, 9.17) is 5.11 Å². The van der Waals surface area contributed by atoms with Crippen LogP contribution in [-0.4, -0.2) is 47.7 Å². The first-order valence-corrected chi connectivity index (χ1v) is 5.81. The van der Waals surface area contributed by atoms with Gasteiger partial charge < -0.3 is 15.3 Å². The summed E-state index contributed by atoms with van der Waals surface area (Å²) in [4.78, 5) is 13.7. The first-order chi connectivity index (χ1) is 7.11. The third-order valence-corrected chi connectivity index (χ3v) is 2.80. The van der Waals surface area contributed by atoms with Crippen molar-refractivity contribution in [3.8, 4) is 0 Å². The van der Waals surface area contributed by atoms with Crippen LogP contribution in [0.4, 0.5) is 0 Å². The van der Waals surface area contributed by atoms with Crippen LogP contribution in [0.25, 0.3) is 0 Å². The average molecular weight is 214 g/mol. The lowest BCUT2D eigenvalue weighted by Crippen LogP contribution is -2.44. The maximum Gasteiger partial charge on any atom is 0.239 e. The molecule has 1 saturated heterocycles. The number of likely N-dealkylation sites (tertiary alicyclic amines) is 1. The number of nitrogens with zero attached hydrogens (tertiary/aromatic N) is 1. The Morgan fingerprint density at radius 2 is 2.00 bits per heavy atom. The minimum Gasteiger partial charge on any atom is -0.393 e. The van der Waals surface area contributed by atoms with E-state index in [0.29, 0.717) is 13.0 Å². The number of amides is 1. The SMILES string of the molecule is CC(O)CCNC(C)C(=O)N1CCCC1. The molecule has 0 aromatic heterocycles. The van der Waals surface area contributed by atoms with Crippen molar-refractivity contribution < 1.29 is 9.90 Å². The fraction of sp³-hybridized carbons (Fsp3) is 0.909. The van der Waals surface area contributed by atoms with E-state index in [1.807, 2.05) is 11.8 Å². The standard InChI is InChI=1S/C11H22N2O2/c1-9(14)5-6-12-10(2)11(15)13-7-3-4-8-13/h9-10,12,14H,3-8H2,1-2H3. The van der Waals surface area contributed by atoms with Crippen molar-refractivity contribution in [3.05, 3.63) is 0 Å². The summed E-state index contributed by atoms with van der Waals surface area (Å²) in [6.07, 6.45) is 2.65. The van der Waals surface area contributed by atoms with Gasteiger partial charge in [0, 0.05) is 13.1 Å². The van der Waals surface area contributed by atoms with E-state index in [1.165, 1.54) is 0 Å². The average Bonchev–Trinajstić information content (AvgIpc) is 2.68. The van der Waals surface area contributed by atoms with Crippen molar-refractivity contribution >= 4 is 5.91 Å². The second-order valence-corrected chi connectivity index (χ2v) is 4.35. The smallest absolute Gasteiger partial charge is 0.239 e. The molecule has 0 aromatic carbocycles. The minimum absolute atomic E-state index is 0.123. The zero-order valence-corrected chi connectivity index (χ0v) is 9.70. The highest BCUT2D eigenvalue weighted by Gasteiger charge is 2.22. The van der Waals surface area contributed by atoms with Crippen LogP contribution >= 0.6 is 0 Å². The van der Waals surface area contributed by atoms with Gasteiger partial charge in [-0.2, -0.15) is 0 Å². The lowest BCUT2D eigenvalue weighted by molar-refractivity contribution is -0.131. The van der Waals surface area contributed by atoms with Crippen LogP contribution in [0.5, 0.6) is 0 Å². The first-order valence-electron chi connectivity index (χ1n) is 5.81. The number of hydrogen-bond donors (Lipinski definition) is 2. The van der Waals surface area contributed by atoms with E-state index >= 15 is 0 Å². The van der Waals surface area contributed by atoms with Gasteiger partial charge in [-0.05, 0) is 39.7 Å². The van der Waals surface area contributed by atoms with Crippen LogP contribution in [-0.2, 0) is 4.79 Å². The van der Waals surface area contributed by atoms with E-state index in [0.717, 1.165) is 25.9 Å². The van der Waals surface area contributed by atoms with Crippen LogP contribution in [0, 0.1) is 0 Å². The molecule has 88 valence electrons. The molecule has 1 aliphatic rings. The van der Waals surface area contributed by atoms with Gasteiger partial charge in [0.1, 0.15) is 0 Å². The molecule has 0 spiro atoms. The number of rotatable bonds is 5. The van der Waals surface area contributed by atoms with Crippen LogP contribution in [0.1, 0.15) is 33.1 Å². The normalized spacial score (nSPS) is 20.3.